The molecule has 0 aromatic heterocycles. The zero-order valence-corrected chi connectivity index (χ0v) is 9.39. The average Bonchev–Trinajstić information content (AvgIpc) is 2.49. The van der Waals surface area contributed by atoms with Gasteiger partial charge < -0.3 is 5.32 Å². The summed E-state index contributed by atoms with van der Waals surface area (Å²) in [6.07, 6.45) is 2.46. The van der Waals surface area contributed by atoms with Gasteiger partial charge in [-0.05, 0) is 42.6 Å². The van der Waals surface area contributed by atoms with Gasteiger partial charge in [0, 0.05) is 10.5 Å². The van der Waals surface area contributed by atoms with E-state index in [1.54, 1.807) is 0 Å². The Morgan fingerprint density at radius 1 is 1.54 bits per heavy atom. The highest BCUT2D eigenvalue weighted by Crippen LogP contribution is 2.32. The number of hydrogen-bond donors (Lipinski definition) is 1. The van der Waals surface area contributed by atoms with Crippen LogP contribution in [0, 0.1) is 0 Å². The summed E-state index contributed by atoms with van der Waals surface area (Å²) in [7, 11) is 0. The summed E-state index contributed by atoms with van der Waals surface area (Å²) < 4.78 is 1.20. The Morgan fingerprint density at radius 2 is 2.38 bits per heavy atom. The molecule has 0 fully saturated rings. The average molecular weight is 240 g/mol. The van der Waals surface area contributed by atoms with Crippen LogP contribution >= 0.6 is 15.9 Å². The SMILES string of the molecule is CCNC1CCc2cc(Br)ccc21. The van der Waals surface area contributed by atoms with Crippen LogP contribution < -0.4 is 5.32 Å². The number of rotatable bonds is 2. The summed E-state index contributed by atoms with van der Waals surface area (Å²) in [5, 5.41) is 3.50. The fraction of sp³-hybridized carbons (Fsp3) is 0.455. The normalized spacial score (nSPS) is 20.3. The van der Waals surface area contributed by atoms with Gasteiger partial charge in [-0.1, -0.05) is 28.9 Å². The van der Waals surface area contributed by atoms with Crippen molar-refractivity contribution < 1.29 is 0 Å². The smallest absolute Gasteiger partial charge is 0.0326 e. The minimum Gasteiger partial charge on any atom is -0.310 e. The monoisotopic (exact) mass is 239 g/mol. The molecule has 2 rings (SSSR count). The number of aryl methyl sites for hydroxylation is 1. The summed E-state index contributed by atoms with van der Waals surface area (Å²) in [6, 6.07) is 7.20. The number of fused-ring (bicyclic) bond motifs is 1. The van der Waals surface area contributed by atoms with E-state index in [-0.39, 0.29) is 0 Å². The molecule has 1 atom stereocenters. The molecule has 0 bridgehead atoms. The van der Waals surface area contributed by atoms with Crippen molar-refractivity contribution in [1.29, 1.82) is 0 Å². The highest BCUT2D eigenvalue weighted by atomic mass is 79.9. The van der Waals surface area contributed by atoms with Crippen LogP contribution in [0.4, 0.5) is 0 Å². The van der Waals surface area contributed by atoms with Crippen LogP contribution in [-0.2, 0) is 6.42 Å². The lowest BCUT2D eigenvalue weighted by Gasteiger charge is -2.11. The number of benzene rings is 1. The molecule has 0 saturated carbocycles. The maximum Gasteiger partial charge on any atom is 0.0326 e. The van der Waals surface area contributed by atoms with Crippen molar-refractivity contribution >= 4 is 15.9 Å². The summed E-state index contributed by atoms with van der Waals surface area (Å²) in [5.41, 5.74) is 2.99. The van der Waals surface area contributed by atoms with Gasteiger partial charge in [0.15, 0.2) is 0 Å². The summed E-state index contributed by atoms with van der Waals surface area (Å²) in [4.78, 5) is 0. The molecule has 70 valence electrons. The largest absolute Gasteiger partial charge is 0.310 e. The van der Waals surface area contributed by atoms with Gasteiger partial charge >= 0.3 is 0 Å². The minimum atomic E-state index is 0.591. The Kier molecular flexibility index (Phi) is 2.70. The Labute approximate surface area is 87.7 Å². The molecule has 0 saturated heterocycles. The lowest BCUT2D eigenvalue weighted by Crippen LogP contribution is -2.18. The summed E-state index contributed by atoms with van der Waals surface area (Å²) >= 11 is 3.50. The van der Waals surface area contributed by atoms with E-state index in [1.165, 1.54) is 28.4 Å². The molecular weight excluding hydrogens is 226 g/mol. The van der Waals surface area contributed by atoms with Crippen LogP contribution in [0.1, 0.15) is 30.5 Å². The van der Waals surface area contributed by atoms with Gasteiger partial charge in [-0.25, -0.2) is 0 Å². The Bertz CT molecular complexity index is 309. The first-order valence-electron chi connectivity index (χ1n) is 4.83. The third-order valence-electron chi connectivity index (χ3n) is 2.63. The first-order chi connectivity index (χ1) is 6.31. The predicted octanol–water partition coefficient (Wildman–Crippen LogP) is 3.05. The van der Waals surface area contributed by atoms with E-state index >= 15 is 0 Å². The highest BCUT2D eigenvalue weighted by Gasteiger charge is 2.20. The van der Waals surface area contributed by atoms with Crippen molar-refractivity contribution in [2.45, 2.75) is 25.8 Å². The molecule has 0 aliphatic heterocycles. The number of halogens is 1. The molecular formula is C11H14BrN. The maximum atomic E-state index is 3.50. The Morgan fingerprint density at radius 3 is 3.15 bits per heavy atom. The van der Waals surface area contributed by atoms with Crippen molar-refractivity contribution in [3.63, 3.8) is 0 Å². The Balaban J connectivity index is 2.27. The van der Waals surface area contributed by atoms with Gasteiger partial charge in [-0.3, -0.25) is 0 Å². The standard InChI is InChI=1S/C11H14BrN/c1-2-13-11-6-3-8-7-9(12)4-5-10(8)11/h4-5,7,11,13H,2-3,6H2,1H3. The van der Waals surface area contributed by atoms with Crippen molar-refractivity contribution in [3.8, 4) is 0 Å². The highest BCUT2D eigenvalue weighted by molar-refractivity contribution is 9.10. The van der Waals surface area contributed by atoms with Crippen LogP contribution in [0.5, 0.6) is 0 Å². The van der Waals surface area contributed by atoms with Gasteiger partial charge in [0.2, 0.25) is 0 Å². The van der Waals surface area contributed by atoms with Gasteiger partial charge in [-0.15, -0.1) is 0 Å². The Hall–Kier alpha value is -0.340. The molecule has 1 N–H and O–H groups in total. The van der Waals surface area contributed by atoms with Gasteiger partial charge in [-0.2, -0.15) is 0 Å². The molecule has 1 nitrogen and oxygen atoms in total. The lowest BCUT2D eigenvalue weighted by atomic mass is 10.1. The zero-order chi connectivity index (χ0) is 9.26. The molecule has 1 aromatic rings. The molecule has 0 heterocycles. The minimum absolute atomic E-state index is 0.591. The third-order valence-corrected chi connectivity index (χ3v) is 3.13. The van der Waals surface area contributed by atoms with Crippen LogP contribution in [0.3, 0.4) is 0 Å². The van der Waals surface area contributed by atoms with Gasteiger partial charge in [0.05, 0.1) is 0 Å². The topological polar surface area (TPSA) is 12.0 Å². The molecule has 1 aliphatic rings. The van der Waals surface area contributed by atoms with E-state index in [0.29, 0.717) is 6.04 Å². The summed E-state index contributed by atoms with van der Waals surface area (Å²) in [5.74, 6) is 0. The van der Waals surface area contributed by atoms with E-state index in [0.717, 1.165) is 6.54 Å². The van der Waals surface area contributed by atoms with Gasteiger partial charge in [0.1, 0.15) is 0 Å². The van der Waals surface area contributed by atoms with Crippen LogP contribution in [0.15, 0.2) is 22.7 Å². The molecule has 2 heteroatoms. The van der Waals surface area contributed by atoms with Crippen molar-refractivity contribution in [2.75, 3.05) is 6.54 Å². The van der Waals surface area contributed by atoms with Crippen LogP contribution in [-0.4, -0.2) is 6.54 Å². The second kappa shape index (κ2) is 3.81. The van der Waals surface area contributed by atoms with Crippen molar-refractivity contribution in [1.82, 2.24) is 5.32 Å². The molecule has 0 spiro atoms. The fourth-order valence-electron chi connectivity index (χ4n) is 2.04. The second-order valence-electron chi connectivity index (χ2n) is 3.49. The summed E-state index contributed by atoms with van der Waals surface area (Å²) in [6.45, 7) is 3.22. The third kappa shape index (κ3) is 1.79. The van der Waals surface area contributed by atoms with E-state index in [4.69, 9.17) is 0 Å². The van der Waals surface area contributed by atoms with E-state index in [2.05, 4.69) is 46.4 Å². The molecule has 1 aliphatic carbocycles. The first kappa shape index (κ1) is 9.22. The van der Waals surface area contributed by atoms with E-state index in [9.17, 15) is 0 Å². The lowest BCUT2D eigenvalue weighted by molar-refractivity contribution is 0.549. The number of hydrogen-bond acceptors (Lipinski definition) is 1. The quantitative estimate of drug-likeness (QED) is 0.837. The first-order valence-corrected chi connectivity index (χ1v) is 5.62. The molecule has 0 amide bonds. The van der Waals surface area contributed by atoms with Crippen LogP contribution in [0.25, 0.3) is 0 Å². The fourth-order valence-corrected chi connectivity index (χ4v) is 2.45. The van der Waals surface area contributed by atoms with E-state index < -0.39 is 0 Å². The molecule has 13 heavy (non-hydrogen) atoms. The van der Waals surface area contributed by atoms with Crippen molar-refractivity contribution in [2.24, 2.45) is 0 Å². The maximum absolute atomic E-state index is 3.50. The van der Waals surface area contributed by atoms with Crippen LogP contribution in [0.2, 0.25) is 0 Å². The van der Waals surface area contributed by atoms with E-state index in [1.807, 2.05) is 0 Å². The zero-order valence-electron chi connectivity index (χ0n) is 7.81. The second-order valence-corrected chi connectivity index (χ2v) is 4.41. The van der Waals surface area contributed by atoms with Gasteiger partial charge in [0.25, 0.3) is 0 Å². The molecule has 0 radical (unpaired) electrons. The molecule has 1 aromatic carbocycles. The van der Waals surface area contributed by atoms with Crippen molar-refractivity contribution in [3.05, 3.63) is 33.8 Å². The number of nitrogens with one attached hydrogen (secondary N) is 1. The molecule has 1 unspecified atom stereocenters. The predicted molar refractivity (Wildman–Crippen MR) is 58.9 cm³/mol.